The van der Waals surface area contributed by atoms with Crippen molar-refractivity contribution < 1.29 is 23.5 Å². The number of carbonyl (C=O) groups is 3. The Kier molecular flexibility index (Phi) is 7.94. The maximum Gasteiger partial charge on any atom is 0.339 e. The van der Waals surface area contributed by atoms with Crippen LogP contribution in [-0.2, 0) is 22.4 Å². The molecule has 3 N–H and O–H groups in total. The molecule has 0 unspecified atom stereocenters. The second-order valence-electron chi connectivity index (χ2n) is 6.63. The van der Waals surface area contributed by atoms with Gasteiger partial charge in [0.1, 0.15) is 11.5 Å². The van der Waals surface area contributed by atoms with Crippen molar-refractivity contribution in [1.29, 1.82) is 0 Å². The maximum absolute atomic E-state index is 12.9. The molecule has 8 heteroatoms. The predicted molar refractivity (Wildman–Crippen MR) is 106 cm³/mol. The van der Waals surface area contributed by atoms with Crippen LogP contribution in [0.3, 0.4) is 0 Å². The molecule has 1 aromatic heterocycles. The summed E-state index contributed by atoms with van der Waals surface area (Å²) in [6.45, 7) is 4.16. The first-order valence-corrected chi connectivity index (χ1v) is 9.46. The van der Waals surface area contributed by atoms with Crippen LogP contribution in [0.15, 0.2) is 24.3 Å². The number of carbonyl (C=O) groups excluding carboxylic acids is 3. The van der Waals surface area contributed by atoms with E-state index in [1.54, 1.807) is 19.1 Å². The molecule has 0 aliphatic heterocycles. The minimum atomic E-state index is -0.477. The molecule has 0 saturated carbocycles. The zero-order valence-electron chi connectivity index (χ0n) is 16.9. The van der Waals surface area contributed by atoms with E-state index in [0.29, 0.717) is 34.5 Å². The molecule has 0 atom stereocenters. The zero-order valence-corrected chi connectivity index (χ0v) is 16.9. The average Bonchev–Trinajstić information content (AvgIpc) is 3.02. The fourth-order valence-corrected chi connectivity index (χ4v) is 3.07. The lowest BCUT2D eigenvalue weighted by atomic mass is 10.0. The van der Waals surface area contributed by atoms with E-state index in [2.05, 4.69) is 15.6 Å². The number of amides is 2. The first-order chi connectivity index (χ1) is 13.9. The highest BCUT2D eigenvalue weighted by Gasteiger charge is 2.24. The molecule has 1 heterocycles. The van der Waals surface area contributed by atoms with Gasteiger partial charge in [-0.1, -0.05) is 25.5 Å². The van der Waals surface area contributed by atoms with Crippen molar-refractivity contribution in [3.8, 4) is 0 Å². The van der Waals surface area contributed by atoms with Crippen LogP contribution in [0.1, 0.15) is 51.0 Å². The minimum absolute atomic E-state index is 0.132. The molecule has 0 bridgehead atoms. The standard InChI is InChI=1S/C21H26FN3O4/c1-4-5-16-18(21(28)29-3)13(2)25-19(16)20(27)24-11-10-23-17(26)12-14-6-8-15(22)9-7-14/h6-9,25H,4-5,10-12H2,1-3H3,(H,23,26)(H,24,27). The Hall–Kier alpha value is -3.16. The highest BCUT2D eigenvalue weighted by atomic mass is 19.1. The molecule has 0 saturated heterocycles. The third kappa shape index (κ3) is 5.91. The summed E-state index contributed by atoms with van der Waals surface area (Å²) in [5, 5.41) is 5.44. The Balaban J connectivity index is 1.89. The van der Waals surface area contributed by atoms with Crippen LogP contribution in [0.2, 0.25) is 0 Å². The number of hydrogen-bond acceptors (Lipinski definition) is 4. The molecular formula is C21H26FN3O4. The third-order valence-corrected chi connectivity index (χ3v) is 4.42. The number of hydrogen-bond donors (Lipinski definition) is 3. The van der Waals surface area contributed by atoms with E-state index in [1.165, 1.54) is 19.2 Å². The molecule has 0 aliphatic carbocycles. The number of aromatic nitrogens is 1. The first-order valence-electron chi connectivity index (χ1n) is 9.46. The van der Waals surface area contributed by atoms with Gasteiger partial charge in [-0.3, -0.25) is 9.59 Å². The number of rotatable bonds is 9. The van der Waals surface area contributed by atoms with Crippen LogP contribution < -0.4 is 10.6 Å². The van der Waals surface area contributed by atoms with Crippen molar-refractivity contribution in [3.05, 3.63) is 58.2 Å². The summed E-state index contributed by atoms with van der Waals surface area (Å²) >= 11 is 0. The summed E-state index contributed by atoms with van der Waals surface area (Å²) in [7, 11) is 1.30. The first kappa shape index (κ1) is 22.1. The molecule has 0 aliphatic rings. The van der Waals surface area contributed by atoms with E-state index in [9.17, 15) is 18.8 Å². The summed E-state index contributed by atoms with van der Waals surface area (Å²) in [6.07, 6.45) is 1.46. The van der Waals surface area contributed by atoms with Gasteiger partial charge in [0.05, 0.1) is 19.1 Å². The normalized spacial score (nSPS) is 10.5. The molecule has 2 amide bonds. The molecular weight excluding hydrogens is 377 g/mol. The topological polar surface area (TPSA) is 100 Å². The summed E-state index contributed by atoms with van der Waals surface area (Å²) in [5.41, 5.74) is 2.65. The van der Waals surface area contributed by atoms with Crippen molar-refractivity contribution >= 4 is 17.8 Å². The number of benzene rings is 1. The minimum Gasteiger partial charge on any atom is -0.465 e. The predicted octanol–water partition coefficient (Wildman–Crippen LogP) is 2.29. The van der Waals surface area contributed by atoms with Crippen LogP contribution in [0.5, 0.6) is 0 Å². The van der Waals surface area contributed by atoms with Gasteiger partial charge < -0.3 is 20.4 Å². The second kappa shape index (κ2) is 10.4. The van der Waals surface area contributed by atoms with Crippen LogP contribution in [0.25, 0.3) is 0 Å². The third-order valence-electron chi connectivity index (χ3n) is 4.42. The van der Waals surface area contributed by atoms with E-state index in [0.717, 1.165) is 6.42 Å². The Morgan fingerprint density at radius 2 is 1.76 bits per heavy atom. The lowest BCUT2D eigenvalue weighted by Crippen LogP contribution is -2.35. The molecule has 156 valence electrons. The average molecular weight is 403 g/mol. The van der Waals surface area contributed by atoms with Crippen molar-refractivity contribution in [3.63, 3.8) is 0 Å². The number of aryl methyl sites for hydroxylation is 1. The van der Waals surface area contributed by atoms with Gasteiger partial charge in [-0.15, -0.1) is 0 Å². The van der Waals surface area contributed by atoms with Crippen LogP contribution in [-0.4, -0.2) is 43.0 Å². The highest BCUT2D eigenvalue weighted by Crippen LogP contribution is 2.21. The maximum atomic E-state index is 12.9. The number of aromatic amines is 1. The van der Waals surface area contributed by atoms with Crippen LogP contribution in [0.4, 0.5) is 4.39 Å². The van der Waals surface area contributed by atoms with E-state index >= 15 is 0 Å². The van der Waals surface area contributed by atoms with Gasteiger partial charge in [0.25, 0.3) is 5.91 Å². The molecule has 0 fully saturated rings. The molecule has 29 heavy (non-hydrogen) atoms. The van der Waals surface area contributed by atoms with E-state index in [4.69, 9.17) is 4.74 Å². The van der Waals surface area contributed by atoms with E-state index < -0.39 is 5.97 Å². The molecule has 7 nitrogen and oxygen atoms in total. The Morgan fingerprint density at radius 1 is 1.10 bits per heavy atom. The number of methoxy groups -OCH3 is 1. The Morgan fingerprint density at radius 3 is 2.38 bits per heavy atom. The SMILES string of the molecule is CCCc1c(C(=O)NCCNC(=O)Cc2ccc(F)cc2)[nH]c(C)c1C(=O)OC. The molecule has 2 rings (SSSR count). The number of esters is 1. The Bertz CT molecular complexity index is 875. The van der Waals surface area contributed by atoms with E-state index in [-0.39, 0.29) is 37.1 Å². The van der Waals surface area contributed by atoms with Gasteiger partial charge in [-0.25, -0.2) is 9.18 Å². The van der Waals surface area contributed by atoms with Crippen molar-refractivity contribution in [2.45, 2.75) is 33.1 Å². The zero-order chi connectivity index (χ0) is 21.4. The van der Waals surface area contributed by atoms with Gasteiger partial charge in [-0.05, 0) is 36.6 Å². The summed E-state index contributed by atoms with van der Waals surface area (Å²) in [6, 6.07) is 5.71. The monoisotopic (exact) mass is 403 g/mol. The van der Waals surface area contributed by atoms with Crippen LogP contribution >= 0.6 is 0 Å². The number of ether oxygens (including phenoxy) is 1. The largest absolute Gasteiger partial charge is 0.465 e. The van der Waals surface area contributed by atoms with Gasteiger partial charge in [0.2, 0.25) is 5.91 Å². The summed E-state index contributed by atoms with van der Waals surface area (Å²) in [5.74, 6) is -1.40. The molecule has 0 spiro atoms. The quantitative estimate of drug-likeness (QED) is 0.442. The van der Waals surface area contributed by atoms with Gasteiger partial charge >= 0.3 is 5.97 Å². The van der Waals surface area contributed by atoms with E-state index in [1.807, 2.05) is 6.92 Å². The molecule has 1 aromatic carbocycles. The lowest BCUT2D eigenvalue weighted by Gasteiger charge is -2.08. The summed E-state index contributed by atoms with van der Waals surface area (Å²) in [4.78, 5) is 39.5. The van der Waals surface area contributed by atoms with Gasteiger partial charge in [-0.2, -0.15) is 0 Å². The smallest absolute Gasteiger partial charge is 0.339 e. The fourth-order valence-electron chi connectivity index (χ4n) is 3.07. The highest BCUT2D eigenvalue weighted by molar-refractivity contribution is 6.00. The number of nitrogens with one attached hydrogen (secondary N) is 3. The van der Waals surface area contributed by atoms with Crippen molar-refractivity contribution in [2.75, 3.05) is 20.2 Å². The number of halogens is 1. The van der Waals surface area contributed by atoms with Crippen molar-refractivity contribution in [2.24, 2.45) is 0 Å². The Labute approximate surface area is 169 Å². The van der Waals surface area contributed by atoms with Gasteiger partial charge in [0.15, 0.2) is 0 Å². The van der Waals surface area contributed by atoms with Gasteiger partial charge in [0, 0.05) is 18.8 Å². The van der Waals surface area contributed by atoms with Crippen LogP contribution in [0, 0.1) is 12.7 Å². The summed E-state index contributed by atoms with van der Waals surface area (Å²) < 4.78 is 17.7. The second-order valence-corrected chi connectivity index (χ2v) is 6.63. The number of H-pyrrole nitrogens is 1. The van der Waals surface area contributed by atoms with Crippen molar-refractivity contribution in [1.82, 2.24) is 15.6 Å². The lowest BCUT2D eigenvalue weighted by molar-refractivity contribution is -0.120. The fraction of sp³-hybridized carbons (Fsp3) is 0.381. The molecule has 2 aromatic rings. The molecule has 0 radical (unpaired) electrons.